The summed E-state index contributed by atoms with van der Waals surface area (Å²) in [5.74, 6) is 3.67. The third-order valence-corrected chi connectivity index (χ3v) is 4.18. The first-order valence-corrected chi connectivity index (χ1v) is 7.00. The van der Waals surface area contributed by atoms with Crippen LogP contribution in [0, 0.1) is 0 Å². The number of thioether (sulfide) groups is 1. The lowest BCUT2D eigenvalue weighted by Gasteiger charge is -2.14. The summed E-state index contributed by atoms with van der Waals surface area (Å²) in [7, 11) is 1.79. The van der Waals surface area contributed by atoms with Crippen molar-refractivity contribution in [2.24, 2.45) is 0 Å². The molecule has 1 aliphatic rings. The second kappa shape index (κ2) is 5.34. The van der Waals surface area contributed by atoms with Gasteiger partial charge in [0.05, 0.1) is 10.0 Å². The lowest BCUT2D eigenvalue weighted by atomic mass is 10.2. The van der Waals surface area contributed by atoms with E-state index in [9.17, 15) is 0 Å². The number of hydrogen-bond acceptors (Lipinski definition) is 4. The summed E-state index contributed by atoms with van der Waals surface area (Å²) in [6.07, 6.45) is 1.15. The molecule has 3 nitrogen and oxygen atoms in total. The highest BCUT2D eigenvalue weighted by atomic mass is 35.5. The SMILES string of the molecule is CNc1nc(NC2CCSC2)c(Cl)cc1Cl. The monoisotopic (exact) mass is 277 g/mol. The van der Waals surface area contributed by atoms with Crippen LogP contribution in [0.1, 0.15) is 6.42 Å². The van der Waals surface area contributed by atoms with Gasteiger partial charge in [-0.25, -0.2) is 4.98 Å². The molecule has 1 atom stereocenters. The fourth-order valence-electron chi connectivity index (χ4n) is 1.58. The quantitative estimate of drug-likeness (QED) is 0.889. The molecule has 1 aliphatic heterocycles. The van der Waals surface area contributed by atoms with Crippen molar-refractivity contribution in [1.82, 2.24) is 4.98 Å². The van der Waals surface area contributed by atoms with Gasteiger partial charge >= 0.3 is 0 Å². The van der Waals surface area contributed by atoms with Crippen molar-refractivity contribution in [2.45, 2.75) is 12.5 Å². The Bertz CT molecular complexity index is 381. The van der Waals surface area contributed by atoms with E-state index in [1.165, 1.54) is 5.75 Å². The molecular formula is C10H13Cl2N3S. The zero-order valence-electron chi connectivity index (χ0n) is 8.89. The predicted molar refractivity (Wildman–Crippen MR) is 73.2 cm³/mol. The fraction of sp³-hybridized carbons (Fsp3) is 0.500. The number of halogens is 2. The minimum Gasteiger partial charge on any atom is -0.372 e. The van der Waals surface area contributed by atoms with E-state index in [-0.39, 0.29) is 0 Å². The molecule has 1 aromatic heterocycles. The van der Waals surface area contributed by atoms with Gasteiger partial charge in [-0.15, -0.1) is 0 Å². The molecule has 1 fully saturated rings. The Morgan fingerprint density at radius 2 is 2.12 bits per heavy atom. The van der Waals surface area contributed by atoms with E-state index in [0.29, 0.717) is 27.7 Å². The normalized spacial score (nSPS) is 19.8. The molecule has 2 rings (SSSR count). The topological polar surface area (TPSA) is 37.0 Å². The van der Waals surface area contributed by atoms with E-state index < -0.39 is 0 Å². The second-order valence-corrected chi connectivity index (χ2v) is 5.57. The molecule has 0 radical (unpaired) electrons. The fourth-order valence-corrected chi connectivity index (χ4v) is 3.24. The summed E-state index contributed by atoms with van der Waals surface area (Å²) in [5, 5.41) is 7.40. The van der Waals surface area contributed by atoms with Gasteiger partial charge in [-0.2, -0.15) is 11.8 Å². The highest BCUT2D eigenvalue weighted by Gasteiger charge is 2.17. The van der Waals surface area contributed by atoms with E-state index in [2.05, 4.69) is 15.6 Å². The standard InChI is InChI=1S/C10H13Cl2N3S/c1-13-9-7(11)4-8(12)10(15-9)14-6-2-3-16-5-6/h4,6H,2-3,5H2,1H3,(H2,13,14,15). The summed E-state index contributed by atoms with van der Waals surface area (Å²) < 4.78 is 0. The van der Waals surface area contributed by atoms with Crippen molar-refractivity contribution < 1.29 is 0 Å². The van der Waals surface area contributed by atoms with E-state index in [4.69, 9.17) is 23.2 Å². The number of rotatable bonds is 3. The van der Waals surface area contributed by atoms with Gasteiger partial charge in [-0.3, -0.25) is 0 Å². The minimum absolute atomic E-state index is 0.459. The van der Waals surface area contributed by atoms with Gasteiger partial charge in [0.1, 0.15) is 11.6 Å². The van der Waals surface area contributed by atoms with Gasteiger partial charge in [0.15, 0.2) is 0 Å². The smallest absolute Gasteiger partial charge is 0.147 e. The van der Waals surface area contributed by atoms with Crippen LogP contribution >= 0.6 is 35.0 Å². The molecule has 0 aromatic carbocycles. The Morgan fingerprint density at radius 3 is 2.75 bits per heavy atom. The van der Waals surface area contributed by atoms with Gasteiger partial charge in [-0.05, 0) is 18.2 Å². The molecule has 0 amide bonds. The number of nitrogens with one attached hydrogen (secondary N) is 2. The van der Waals surface area contributed by atoms with Gasteiger partial charge < -0.3 is 10.6 Å². The van der Waals surface area contributed by atoms with Crippen molar-refractivity contribution in [1.29, 1.82) is 0 Å². The molecule has 0 bridgehead atoms. The zero-order valence-corrected chi connectivity index (χ0v) is 11.2. The second-order valence-electron chi connectivity index (χ2n) is 3.60. The number of anilines is 2. The van der Waals surface area contributed by atoms with Gasteiger partial charge in [0.25, 0.3) is 0 Å². The largest absolute Gasteiger partial charge is 0.372 e. The van der Waals surface area contributed by atoms with Crippen LogP contribution in [-0.2, 0) is 0 Å². The lowest BCUT2D eigenvalue weighted by molar-refractivity contribution is 0.807. The molecule has 16 heavy (non-hydrogen) atoms. The summed E-state index contributed by atoms with van der Waals surface area (Å²) in [6.45, 7) is 0. The van der Waals surface area contributed by atoms with Crippen LogP contribution < -0.4 is 10.6 Å². The summed E-state index contributed by atoms with van der Waals surface area (Å²) >= 11 is 14.0. The summed E-state index contributed by atoms with van der Waals surface area (Å²) in [6, 6.07) is 2.17. The minimum atomic E-state index is 0.459. The van der Waals surface area contributed by atoms with Gasteiger partial charge in [0.2, 0.25) is 0 Å². The molecule has 2 N–H and O–H groups in total. The van der Waals surface area contributed by atoms with Crippen molar-refractivity contribution >= 4 is 46.6 Å². The maximum Gasteiger partial charge on any atom is 0.147 e. The molecule has 1 aromatic rings. The molecule has 0 aliphatic carbocycles. The maximum absolute atomic E-state index is 6.09. The Labute approximate surface area is 109 Å². The number of pyridine rings is 1. The molecule has 1 unspecified atom stereocenters. The molecule has 6 heteroatoms. The average molecular weight is 278 g/mol. The first kappa shape index (κ1) is 12.1. The van der Waals surface area contributed by atoms with Crippen LogP contribution in [0.3, 0.4) is 0 Å². The van der Waals surface area contributed by atoms with Crippen molar-refractivity contribution in [3.8, 4) is 0 Å². The molecule has 0 spiro atoms. The summed E-state index contributed by atoms with van der Waals surface area (Å²) in [5.41, 5.74) is 0. The van der Waals surface area contributed by atoms with E-state index in [0.717, 1.165) is 12.2 Å². The Balaban J connectivity index is 2.18. The van der Waals surface area contributed by atoms with Crippen LogP contribution in [0.25, 0.3) is 0 Å². The molecule has 0 saturated carbocycles. The molecule has 1 saturated heterocycles. The van der Waals surface area contributed by atoms with Crippen LogP contribution in [0.5, 0.6) is 0 Å². The van der Waals surface area contributed by atoms with E-state index in [1.54, 1.807) is 13.1 Å². The zero-order chi connectivity index (χ0) is 11.5. The highest BCUT2D eigenvalue weighted by Crippen LogP contribution is 2.30. The van der Waals surface area contributed by atoms with Gasteiger partial charge in [0, 0.05) is 18.8 Å². The van der Waals surface area contributed by atoms with Crippen molar-refractivity contribution in [2.75, 3.05) is 29.2 Å². The Morgan fingerprint density at radius 1 is 1.38 bits per heavy atom. The van der Waals surface area contributed by atoms with Crippen molar-refractivity contribution in [3.63, 3.8) is 0 Å². The Kier molecular flexibility index (Phi) is 4.05. The first-order chi connectivity index (χ1) is 7.70. The average Bonchev–Trinajstić information content (AvgIpc) is 2.75. The maximum atomic E-state index is 6.09. The first-order valence-electron chi connectivity index (χ1n) is 5.09. The number of aromatic nitrogens is 1. The van der Waals surface area contributed by atoms with E-state index in [1.807, 2.05) is 11.8 Å². The number of hydrogen-bond donors (Lipinski definition) is 2. The third-order valence-electron chi connectivity index (χ3n) is 2.44. The molecular weight excluding hydrogens is 265 g/mol. The van der Waals surface area contributed by atoms with Crippen LogP contribution in [0.4, 0.5) is 11.6 Å². The summed E-state index contributed by atoms with van der Waals surface area (Å²) in [4.78, 5) is 4.36. The molecule has 88 valence electrons. The van der Waals surface area contributed by atoms with Crippen molar-refractivity contribution in [3.05, 3.63) is 16.1 Å². The van der Waals surface area contributed by atoms with Crippen LogP contribution in [0.15, 0.2) is 6.07 Å². The van der Waals surface area contributed by atoms with Gasteiger partial charge in [-0.1, -0.05) is 23.2 Å². The lowest BCUT2D eigenvalue weighted by Crippen LogP contribution is -2.19. The Hall–Kier alpha value is -0.320. The van der Waals surface area contributed by atoms with Crippen LogP contribution in [-0.4, -0.2) is 29.6 Å². The molecule has 2 heterocycles. The predicted octanol–water partition coefficient (Wildman–Crippen LogP) is 3.35. The highest BCUT2D eigenvalue weighted by molar-refractivity contribution is 7.99. The van der Waals surface area contributed by atoms with Crippen LogP contribution in [0.2, 0.25) is 10.0 Å². The van der Waals surface area contributed by atoms with E-state index >= 15 is 0 Å². The third kappa shape index (κ3) is 2.67. The number of nitrogens with zero attached hydrogens (tertiary/aromatic N) is 1.